The fourth-order valence-corrected chi connectivity index (χ4v) is 4.92. The predicted octanol–water partition coefficient (Wildman–Crippen LogP) is 2.46. The molecule has 0 unspecified atom stereocenters. The molecule has 5 rings (SSSR count). The molecule has 3 aliphatic rings. The second-order valence-electron chi connectivity index (χ2n) is 10.5. The summed E-state index contributed by atoms with van der Waals surface area (Å²) in [5, 5.41) is 0. The van der Waals surface area contributed by atoms with Crippen molar-refractivity contribution in [1.29, 1.82) is 0 Å². The number of fused-ring (bicyclic) bond motifs is 2. The molecular weight excluding hydrogens is 434 g/mol. The van der Waals surface area contributed by atoms with Crippen LogP contribution in [0.1, 0.15) is 50.6 Å². The Bertz CT molecular complexity index is 1050. The third-order valence-corrected chi connectivity index (χ3v) is 6.81. The third kappa shape index (κ3) is 4.82. The second kappa shape index (κ2) is 9.05. The van der Waals surface area contributed by atoms with Crippen LogP contribution in [0, 0.1) is 0 Å². The maximum Gasteiger partial charge on any atom is 0.410 e. The van der Waals surface area contributed by atoms with E-state index in [4.69, 9.17) is 19.4 Å². The summed E-state index contributed by atoms with van der Waals surface area (Å²) in [5.41, 5.74) is 2.57. The first-order valence-corrected chi connectivity index (χ1v) is 12.2. The number of rotatable bonds is 4. The molecule has 1 amide bonds. The van der Waals surface area contributed by atoms with Crippen molar-refractivity contribution in [3.63, 3.8) is 0 Å². The van der Waals surface area contributed by atoms with E-state index in [1.54, 1.807) is 4.90 Å². The van der Waals surface area contributed by atoms with Gasteiger partial charge in [0.1, 0.15) is 18.0 Å². The van der Waals surface area contributed by atoms with Gasteiger partial charge in [-0.3, -0.25) is 0 Å². The summed E-state index contributed by atoms with van der Waals surface area (Å²) in [7, 11) is 2.13. The molecule has 34 heavy (non-hydrogen) atoms. The van der Waals surface area contributed by atoms with Gasteiger partial charge in [-0.05, 0) is 53.6 Å². The average molecular weight is 470 g/mol. The highest BCUT2D eigenvalue weighted by Crippen LogP contribution is 2.31. The first-order valence-electron chi connectivity index (χ1n) is 12.2. The molecule has 0 aliphatic carbocycles. The number of anilines is 1. The summed E-state index contributed by atoms with van der Waals surface area (Å²) < 4.78 is 13.9. The number of amides is 1. The Morgan fingerprint density at radius 3 is 2.76 bits per heavy atom. The molecule has 0 radical (unpaired) electrons. The quantitative estimate of drug-likeness (QED) is 0.675. The Labute approximate surface area is 200 Å². The summed E-state index contributed by atoms with van der Waals surface area (Å²) in [5.74, 6) is 0.913. The fraction of sp³-hybridized carbons (Fsp3) is 0.667. The van der Waals surface area contributed by atoms with E-state index < -0.39 is 5.60 Å². The van der Waals surface area contributed by atoms with Crippen molar-refractivity contribution in [1.82, 2.24) is 29.3 Å². The molecule has 1 saturated heterocycles. The van der Waals surface area contributed by atoms with Gasteiger partial charge in [0.05, 0.1) is 30.8 Å². The van der Waals surface area contributed by atoms with Crippen molar-refractivity contribution in [2.75, 3.05) is 38.2 Å². The monoisotopic (exact) mass is 469 g/mol. The minimum Gasteiger partial charge on any atom is -0.462 e. The zero-order valence-corrected chi connectivity index (χ0v) is 20.7. The van der Waals surface area contributed by atoms with Crippen molar-refractivity contribution in [3.05, 3.63) is 29.5 Å². The smallest absolute Gasteiger partial charge is 0.410 e. The number of aromatic nitrogens is 4. The molecule has 0 N–H and O–H groups in total. The van der Waals surface area contributed by atoms with Gasteiger partial charge in [0.2, 0.25) is 0 Å². The largest absolute Gasteiger partial charge is 0.462 e. The number of carbonyl (C=O) groups excluding carboxylic acids is 1. The summed E-state index contributed by atoms with van der Waals surface area (Å²) in [4.78, 5) is 33.0. The highest BCUT2D eigenvalue weighted by Gasteiger charge is 2.31. The van der Waals surface area contributed by atoms with Crippen LogP contribution in [0.2, 0.25) is 0 Å². The lowest BCUT2D eigenvalue weighted by molar-refractivity contribution is 0.0220. The molecule has 10 heteroatoms. The topological polar surface area (TPSA) is 88.9 Å². The number of likely N-dealkylation sites (N-methyl/N-ethyl adjacent to an activating group) is 1. The highest BCUT2D eigenvalue weighted by molar-refractivity contribution is 5.69. The molecule has 1 atom stereocenters. The lowest BCUT2D eigenvalue weighted by Crippen LogP contribution is -2.41. The summed E-state index contributed by atoms with van der Waals surface area (Å²) in [6.45, 7) is 10.7. The van der Waals surface area contributed by atoms with Crippen LogP contribution in [-0.4, -0.2) is 80.3 Å². The minimum absolute atomic E-state index is 0.310. The van der Waals surface area contributed by atoms with Gasteiger partial charge >= 0.3 is 12.1 Å². The number of ether oxygens (including phenoxy) is 2. The number of carbonyl (C=O) groups is 1. The molecule has 5 heterocycles. The van der Waals surface area contributed by atoms with Gasteiger partial charge in [0.25, 0.3) is 0 Å². The molecule has 10 nitrogen and oxygen atoms in total. The molecular formula is C24H35N7O3. The zero-order chi connectivity index (χ0) is 23.9. The third-order valence-electron chi connectivity index (χ3n) is 6.81. The van der Waals surface area contributed by atoms with Gasteiger partial charge in [-0.25, -0.2) is 9.78 Å². The molecule has 2 aromatic heterocycles. The maximum atomic E-state index is 12.7. The normalized spacial score (nSPS) is 20.8. The van der Waals surface area contributed by atoms with Crippen molar-refractivity contribution >= 4 is 11.9 Å². The summed E-state index contributed by atoms with van der Waals surface area (Å²) in [6.07, 6.45) is 6.48. The van der Waals surface area contributed by atoms with Gasteiger partial charge in [0.15, 0.2) is 0 Å². The van der Waals surface area contributed by atoms with Gasteiger partial charge in [0, 0.05) is 37.4 Å². The van der Waals surface area contributed by atoms with E-state index in [0.717, 1.165) is 49.7 Å². The van der Waals surface area contributed by atoms with E-state index in [9.17, 15) is 4.79 Å². The molecule has 3 aliphatic heterocycles. The SMILES string of the molecule is CN1CCC[C@H]1COc1nc2c(c(N3CCn4cncc4C3)n1)CCN(C(=O)OC(C)(C)C)C2. The van der Waals surface area contributed by atoms with Crippen LogP contribution in [0.4, 0.5) is 10.6 Å². The minimum atomic E-state index is -0.535. The molecule has 1 fully saturated rings. The Morgan fingerprint density at radius 1 is 1.15 bits per heavy atom. The number of likely N-dealkylation sites (tertiary alicyclic amines) is 1. The van der Waals surface area contributed by atoms with Crippen LogP contribution in [0.15, 0.2) is 12.5 Å². The molecule has 0 saturated carbocycles. The van der Waals surface area contributed by atoms with E-state index in [2.05, 4.69) is 26.4 Å². The van der Waals surface area contributed by atoms with Gasteiger partial charge in [-0.1, -0.05) is 0 Å². The number of hydrogen-bond acceptors (Lipinski definition) is 8. The number of nitrogens with zero attached hydrogens (tertiary/aromatic N) is 7. The molecule has 0 spiro atoms. The van der Waals surface area contributed by atoms with Gasteiger partial charge in [-0.15, -0.1) is 0 Å². The average Bonchev–Trinajstić information content (AvgIpc) is 3.43. The molecule has 0 bridgehead atoms. The molecule has 2 aromatic rings. The van der Waals surface area contributed by atoms with Crippen molar-refractivity contribution in [3.8, 4) is 6.01 Å². The van der Waals surface area contributed by atoms with Crippen LogP contribution in [-0.2, 0) is 30.8 Å². The van der Waals surface area contributed by atoms with Crippen LogP contribution < -0.4 is 9.64 Å². The lowest BCUT2D eigenvalue weighted by Gasteiger charge is -2.35. The number of hydrogen-bond donors (Lipinski definition) is 0. The van der Waals surface area contributed by atoms with Gasteiger partial charge in [-0.2, -0.15) is 9.97 Å². The maximum absolute atomic E-state index is 12.7. The summed E-state index contributed by atoms with van der Waals surface area (Å²) >= 11 is 0. The van der Waals surface area contributed by atoms with E-state index in [1.165, 1.54) is 12.1 Å². The fourth-order valence-electron chi connectivity index (χ4n) is 4.92. The van der Waals surface area contributed by atoms with Crippen molar-refractivity contribution in [2.45, 2.75) is 71.3 Å². The molecule has 0 aromatic carbocycles. The van der Waals surface area contributed by atoms with Crippen LogP contribution >= 0.6 is 0 Å². The Kier molecular flexibility index (Phi) is 6.09. The van der Waals surface area contributed by atoms with Crippen LogP contribution in [0.5, 0.6) is 6.01 Å². The Balaban J connectivity index is 1.41. The van der Waals surface area contributed by atoms with E-state index in [1.807, 2.05) is 33.3 Å². The second-order valence-corrected chi connectivity index (χ2v) is 10.5. The van der Waals surface area contributed by atoms with E-state index >= 15 is 0 Å². The zero-order valence-electron chi connectivity index (χ0n) is 20.7. The van der Waals surface area contributed by atoms with E-state index in [0.29, 0.717) is 38.2 Å². The van der Waals surface area contributed by atoms with E-state index in [-0.39, 0.29) is 6.09 Å². The highest BCUT2D eigenvalue weighted by atomic mass is 16.6. The molecule has 184 valence electrons. The Morgan fingerprint density at radius 2 is 2.00 bits per heavy atom. The summed E-state index contributed by atoms with van der Waals surface area (Å²) in [6, 6.07) is 0.768. The van der Waals surface area contributed by atoms with Crippen molar-refractivity contribution in [2.24, 2.45) is 0 Å². The standard InChI is InChI=1S/C24H35N7O3/c1-24(2,3)34-23(32)30-9-7-19-20(14-30)26-22(33-15-17-6-5-8-28(17)4)27-21(19)29-10-11-31-16-25-12-18(31)13-29/h12,16-17H,5-11,13-15H2,1-4H3/t17-/m0/s1. The first-order chi connectivity index (χ1) is 16.3. The van der Waals surface area contributed by atoms with Crippen LogP contribution in [0.25, 0.3) is 0 Å². The predicted molar refractivity (Wildman–Crippen MR) is 127 cm³/mol. The Hall–Kier alpha value is -2.88. The van der Waals surface area contributed by atoms with Gasteiger partial charge < -0.3 is 28.7 Å². The first kappa shape index (κ1) is 22.9. The van der Waals surface area contributed by atoms with Crippen molar-refractivity contribution < 1.29 is 14.3 Å². The lowest BCUT2D eigenvalue weighted by atomic mass is 10.0. The number of imidazole rings is 1. The van der Waals surface area contributed by atoms with Crippen LogP contribution in [0.3, 0.4) is 0 Å².